The fourth-order valence-corrected chi connectivity index (χ4v) is 5.37. The second-order valence-electron chi connectivity index (χ2n) is 12.0. The zero-order valence-electron chi connectivity index (χ0n) is 25.8. The van der Waals surface area contributed by atoms with Crippen LogP contribution in [0.5, 0.6) is 0 Å². The molecular weight excluding hydrogens is 658 g/mol. The first kappa shape index (κ1) is 37.8. The maximum Gasteiger partial charge on any atom is 0.490 e. The number of aromatic nitrogens is 2. The molecule has 7 N–H and O–H groups in total. The number of hydrogen-bond donors (Lipinski definition) is 5. The van der Waals surface area contributed by atoms with E-state index in [4.69, 9.17) is 26.1 Å². The maximum absolute atomic E-state index is 13.9. The van der Waals surface area contributed by atoms with Crippen molar-refractivity contribution in [2.24, 2.45) is 16.9 Å². The number of carbonyl (C=O) groups excluding carboxylic acids is 4. The summed E-state index contributed by atoms with van der Waals surface area (Å²) in [5.41, 5.74) is 9.45. The Morgan fingerprint density at radius 3 is 2.19 bits per heavy atom. The fourth-order valence-electron chi connectivity index (χ4n) is 5.37. The molecule has 13 nitrogen and oxygen atoms in total. The molecule has 1 aromatic carbocycles. The van der Waals surface area contributed by atoms with Crippen molar-refractivity contribution in [1.82, 2.24) is 15.1 Å². The van der Waals surface area contributed by atoms with E-state index in [1.165, 1.54) is 18.2 Å². The number of amides is 2. The van der Waals surface area contributed by atoms with Gasteiger partial charge in [-0.25, -0.2) is 9.48 Å². The summed E-state index contributed by atoms with van der Waals surface area (Å²) in [6.07, 6.45) is -7.93. The third-order valence-electron chi connectivity index (χ3n) is 7.52. The van der Waals surface area contributed by atoms with Gasteiger partial charge in [0.15, 0.2) is 11.5 Å². The summed E-state index contributed by atoms with van der Waals surface area (Å²) in [6, 6.07) is 4.23. The van der Waals surface area contributed by atoms with Crippen molar-refractivity contribution in [2.45, 2.75) is 76.9 Å². The summed E-state index contributed by atoms with van der Waals surface area (Å²) in [5.74, 6) is -5.14. The van der Waals surface area contributed by atoms with Crippen molar-refractivity contribution in [3.8, 4) is 5.69 Å². The highest BCUT2D eigenvalue weighted by molar-refractivity contribution is 6.00. The lowest BCUT2D eigenvalue weighted by Crippen LogP contribution is -2.37. The van der Waals surface area contributed by atoms with Crippen LogP contribution in [0.2, 0.25) is 0 Å². The van der Waals surface area contributed by atoms with Crippen molar-refractivity contribution in [2.75, 3.05) is 18.4 Å². The number of ether oxygens (including phenoxy) is 1. The predicted octanol–water partition coefficient (Wildman–Crippen LogP) is 3.12. The van der Waals surface area contributed by atoms with Gasteiger partial charge in [0.1, 0.15) is 12.6 Å². The monoisotopic (exact) mass is 692 g/mol. The molecule has 1 aromatic heterocycles. The minimum absolute atomic E-state index is 0.0253. The Bertz CT molecular complexity index is 1560. The molecule has 0 saturated heterocycles. The van der Waals surface area contributed by atoms with Gasteiger partial charge in [-0.05, 0) is 55.7 Å². The van der Waals surface area contributed by atoms with E-state index in [2.05, 4.69) is 15.7 Å². The molecule has 1 saturated carbocycles. The minimum Gasteiger partial charge on any atom is -0.475 e. The number of fused-ring (bicyclic) bond motifs is 1. The lowest BCUT2D eigenvalue weighted by molar-refractivity contribution is -0.192. The van der Waals surface area contributed by atoms with E-state index in [1.54, 1.807) is 0 Å². The maximum atomic E-state index is 13.9. The number of Topliss-reactive ketones (excluding diaryl/α,β-unsaturated/α-hetero) is 1. The Morgan fingerprint density at radius 2 is 1.67 bits per heavy atom. The van der Waals surface area contributed by atoms with Crippen molar-refractivity contribution in [3.05, 3.63) is 40.7 Å². The lowest BCUT2D eigenvalue weighted by atomic mass is 9.75. The highest BCUT2D eigenvalue weighted by Crippen LogP contribution is 2.42. The summed E-state index contributed by atoms with van der Waals surface area (Å²) >= 11 is 0. The van der Waals surface area contributed by atoms with Gasteiger partial charge < -0.3 is 31.9 Å². The molecule has 264 valence electrons. The molecule has 1 heterocycles. The van der Waals surface area contributed by atoms with Crippen LogP contribution in [0.1, 0.15) is 78.1 Å². The molecule has 4 rings (SSSR count). The summed E-state index contributed by atoms with van der Waals surface area (Å²) in [7, 11) is 0. The third kappa shape index (κ3) is 9.68. The summed E-state index contributed by atoms with van der Waals surface area (Å²) in [4.78, 5) is 57.1. The number of carbonyl (C=O) groups is 5. The Balaban J connectivity index is 0.000000804. The molecule has 2 aliphatic carbocycles. The van der Waals surface area contributed by atoms with E-state index in [0.29, 0.717) is 31.4 Å². The number of ketones is 1. The van der Waals surface area contributed by atoms with Crippen LogP contribution in [0.15, 0.2) is 18.2 Å². The molecule has 0 aliphatic heterocycles. The van der Waals surface area contributed by atoms with E-state index in [9.17, 15) is 45.5 Å². The van der Waals surface area contributed by atoms with Gasteiger partial charge in [0.25, 0.3) is 5.91 Å². The average molecular weight is 693 g/mol. The van der Waals surface area contributed by atoms with Crippen LogP contribution in [0.25, 0.3) is 5.69 Å². The number of benzene rings is 1. The second kappa shape index (κ2) is 14.6. The van der Waals surface area contributed by atoms with Crippen LogP contribution >= 0.6 is 0 Å². The molecule has 48 heavy (non-hydrogen) atoms. The van der Waals surface area contributed by atoms with E-state index < -0.39 is 58.6 Å². The van der Waals surface area contributed by atoms with Crippen LogP contribution in [-0.4, -0.2) is 75.8 Å². The van der Waals surface area contributed by atoms with E-state index in [0.717, 1.165) is 4.68 Å². The molecule has 1 fully saturated rings. The van der Waals surface area contributed by atoms with Gasteiger partial charge in [0.05, 0.1) is 29.1 Å². The zero-order valence-corrected chi connectivity index (χ0v) is 25.8. The number of aliphatic carboxylic acids is 1. The molecule has 0 atom stereocenters. The first-order chi connectivity index (χ1) is 22.1. The molecule has 0 spiro atoms. The molecule has 0 unspecified atom stereocenters. The normalized spacial score (nSPS) is 18.9. The van der Waals surface area contributed by atoms with Gasteiger partial charge in [-0.3, -0.25) is 19.2 Å². The first-order valence-electron chi connectivity index (χ1n) is 14.5. The van der Waals surface area contributed by atoms with Gasteiger partial charge in [-0.15, -0.1) is 0 Å². The van der Waals surface area contributed by atoms with Crippen molar-refractivity contribution in [3.63, 3.8) is 0 Å². The van der Waals surface area contributed by atoms with Gasteiger partial charge >= 0.3 is 24.3 Å². The lowest BCUT2D eigenvalue weighted by Gasteiger charge is -2.30. The zero-order chi connectivity index (χ0) is 36.2. The number of halogens is 6. The summed E-state index contributed by atoms with van der Waals surface area (Å²) < 4.78 is 79.9. The molecular formula is C29H34F6N6O7. The summed E-state index contributed by atoms with van der Waals surface area (Å²) in [5, 5.41) is 16.6. The molecule has 2 aromatic rings. The van der Waals surface area contributed by atoms with Crippen LogP contribution in [0, 0.1) is 5.41 Å². The quantitative estimate of drug-likeness (QED) is 0.202. The Hall–Kier alpha value is -4.68. The second-order valence-corrected chi connectivity index (χ2v) is 12.0. The van der Waals surface area contributed by atoms with E-state index in [-0.39, 0.29) is 55.0 Å². The van der Waals surface area contributed by atoms with E-state index in [1.807, 2.05) is 13.8 Å². The van der Waals surface area contributed by atoms with Crippen LogP contribution < -0.4 is 22.1 Å². The molecule has 0 radical (unpaired) electrons. The van der Waals surface area contributed by atoms with Crippen molar-refractivity contribution in [1.29, 1.82) is 0 Å². The molecule has 19 heteroatoms. The van der Waals surface area contributed by atoms with Crippen LogP contribution in [0.3, 0.4) is 0 Å². The SMILES string of the molecule is CC1(C)CC(=O)c2c(C(F)(F)F)nn(-c3ccc(C(N)=O)c(N[C@H]4CC[C@H](OC(=O)CNC(=O)CN)CC4)c3)c2C1.O=C(O)C(F)(F)F. The Kier molecular flexibility index (Phi) is 11.5. The number of nitrogens with zero attached hydrogens (tertiary/aromatic N) is 2. The highest BCUT2D eigenvalue weighted by Gasteiger charge is 2.45. The number of carboxylic acid groups (broad SMARTS) is 1. The van der Waals surface area contributed by atoms with Crippen molar-refractivity contribution >= 4 is 35.2 Å². The number of rotatable bonds is 8. The number of carboxylic acids is 1. The van der Waals surface area contributed by atoms with Gasteiger partial charge in [0, 0.05) is 18.2 Å². The van der Waals surface area contributed by atoms with Crippen LogP contribution in [0.4, 0.5) is 32.0 Å². The number of nitrogens with two attached hydrogens (primary N) is 2. The highest BCUT2D eigenvalue weighted by atomic mass is 19.4. The summed E-state index contributed by atoms with van der Waals surface area (Å²) in [6.45, 7) is 3.11. The number of primary amides is 1. The third-order valence-corrected chi connectivity index (χ3v) is 7.52. The Labute approximate surface area is 269 Å². The number of esters is 1. The topological polar surface area (TPSA) is 209 Å². The van der Waals surface area contributed by atoms with Gasteiger partial charge in [0.2, 0.25) is 5.91 Å². The van der Waals surface area contributed by atoms with Crippen LogP contribution in [-0.2, 0) is 31.7 Å². The first-order valence-corrected chi connectivity index (χ1v) is 14.5. The minimum atomic E-state index is -5.08. The smallest absolute Gasteiger partial charge is 0.475 e. The molecule has 2 amide bonds. The predicted molar refractivity (Wildman–Crippen MR) is 155 cm³/mol. The number of hydrogen-bond acceptors (Lipinski definition) is 9. The largest absolute Gasteiger partial charge is 0.490 e. The number of alkyl halides is 6. The molecule has 0 bridgehead atoms. The standard InChI is InChI=1S/C27H33F3N6O5.C2HF3O2/c1-26(2)10-19-23(20(37)11-26)24(27(28,29)30)35-36(19)15-5-8-17(25(32)40)18(9-15)34-14-3-6-16(7-4-14)41-22(39)13-33-21(38)12-31;3-2(4,5)1(6)7/h5,8-9,14,16,34H,3-4,6-7,10-13,31H2,1-2H3,(H2,32,40)(H,33,38);(H,6,7)/t14-,16-;. The average Bonchev–Trinajstić information content (AvgIpc) is 3.36. The van der Waals surface area contributed by atoms with Gasteiger partial charge in [-0.2, -0.15) is 31.4 Å². The van der Waals surface area contributed by atoms with Crippen molar-refractivity contribution < 1.29 is 60.2 Å². The number of anilines is 1. The fraction of sp³-hybridized carbons (Fsp3) is 0.517. The van der Waals surface area contributed by atoms with E-state index >= 15 is 0 Å². The molecule has 2 aliphatic rings. The van der Waals surface area contributed by atoms with Gasteiger partial charge in [-0.1, -0.05) is 13.8 Å². The Morgan fingerprint density at radius 1 is 1.06 bits per heavy atom. The number of nitrogens with one attached hydrogen (secondary N) is 2.